The van der Waals surface area contributed by atoms with Gasteiger partial charge in [0.25, 0.3) is 0 Å². The molecule has 4 nitrogen and oxygen atoms in total. The van der Waals surface area contributed by atoms with E-state index in [1.807, 2.05) is 12.3 Å². The summed E-state index contributed by atoms with van der Waals surface area (Å²) in [5, 5.41) is 0. The van der Waals surface area contributed by atoms with Crippen LogP contribution in [-0.2, 0) is 14.3 Å². The van der Waals surface area contributed by atoms with Crippen LogP contribution >= 0.6 is 0 Å². The monoisotopic (exact) mass is 436 g/mol. The van der Waals surface area contributed by atoms with Gasteiger partial charge in [-0.1, -0.05) is 52.3 Å². The summed E-state index contributed by atoms with van der Waals surface area (Å²) in [6.07, 6.45) is 13.7. The van der Waals surface area contributed by atoms with Crippen molar-refractivity contribution >= 4 is 11.8 Å². The molecule has 1 unspecified atom stereocenters. The van der Waals surface area contributed by atoms with Crippen LogP contribution in [0.5, 0.6) is 0 Å². The van der Waals surface area contributed by atoms with Crippen LogP contribution in [0.15, 0.2) is 46.8 Å². The van der Waals surface area contributed by atoms with E-state index in [0.717, 1.165) is 25.7 Å². The van der Waals surface area contributed by atoms with E-state index in [-0.39, 0.29) is 40.0 Å². The van der Waals surface area contributed by atoms with Gasteiger partial charge in [0.1, 0.15) is 6.10 Å². The van der Waals surface area contributed by atoms with E-state index in [9.17, 15) is 9.59 Å². The highest BCUT2D eigenvalue weighted by Crippen LogP contribution is 2.72. The lowest BCUT2D eigenvalue weighted by atomic mass is 9.38. The normalized spacial score (nSPS) is 44.3. The average Bonchev–Trinajstić information content (AvgIpc) is 3.34. The highest BCUT2D eigenvalue weighted by atomic mass is 16.5. The summed E-state index contributed by atoms with van der Waals surface area (Å²) < 4.78 is 11.6. The standard InChI is InChI=1S/C28H36O4/c1-17(29)32-24-15-22-25(2,3)23(30)10-13-27(22,5)21-9-12-26(4)19(18-11-14-31-16-18)7-8-20(26)28(21,24)6/h8,10-11,13-14,16,19,21-22,24H,7,9,12,15H2,1-6H3/t19-,21+,22-,24+,26-,27+,28?/m0/s1. The number of fused-ring (bicyclic) bond motifs is 5. The Bertz CT molecular complexity index is 1010. The molecule has 0 radical (unpaired) electrons. The molecule has 1 heterocycles. The van der Waals surface area contributed by atoms with Crippen molar-refractivity contribution in [3.63, 3.8) is 0 Å². The van der Waals surface area contributed by atoms with E-state index < -0.39 is 5.41 Å². The lowest BCUT2D eigenvalue weighted by molar-refractivity contribution is -0.187. The zero-order valence-corrected chi connectivity index (χ0v) is 20.2. The molecule has 4 aliphatic carbocycles. The summed E-state index contributed by atoms with van der Waals surface area (Å²) in [6, 6.07) is 2.10. The number of hydrogen-bond acceptors (Lipinski definition) is 4. The molecule has 0 aliphatic heterocycles. The maximum atomic E-state index is 12.9. The van der Waals surface area contributed by atoms with Gasteiger partial charge in [-0.2, -0.15) is 0 Å². The predicted molar refractivity (Wildman–Crippen MR) is 123 cm³/mol. The van der Waals surface area contributed by atoms with Gasteiger partial charge in [0, 0.05) is 17.8 Å². The van der Waals surface area contributed by atoms with Crippen molar-refractivity contribution in [2.45, 2.75) is 79.2 Å². The summed E-state index contributed by atoms with van der Waals surface area (Å²) >= 11 is 0. The molecule has 2 fully saturated rings. The SMILES string of the molecule is CC(=O)O[C@@H]1C[C@H]2C(C)(C)C(=O)C=C[C@]2(C)[C@H]2CC[C@]3(C)C(=CC[C@H]3c3ccoc3)C12C. The fourth-order valence-electron chi connectivity index (χ4n) is 8.60. The second kappa shape index (κ2) is 6.71. The number of furan rings is 1. The molecule has 0 saturated heterocycles. The first-order chi connectivity index (χ1) is 15.0. The van der Waals surface area contributed by atoms with Crippen molar-refractivity contribution in [3.05, 3.63) is 48.0 Å². The molecule has 1 aromatic rings. The quantitative estimate of drug-likeness (QED) is 0.407. The average molecular weight is 437 g/mol. The van der Waals surface area contributed by atoms with Crippen LogP contribution in [0, 0.1) is 33.5 Å². The van der Waals surface area contributed by atoms with E-state index in [0.29, 0.717) is 11.8 Å². The molecule has 2 saturated carbocycles. The lowest BCUT2D eigenvalue weighted by Gasteiger charge is -2.66. The molecule has 5 rings (SSSR count). The van der Waals surface area contributed by atoms with E-state index in [1.165, 1.54) is 18.1 Å². The Morgan fingerprint density at radius 1 is 1.16 bits per heavy atom. The van der Waals surface area contributed by atoms with Crippen LogP contribution in [0.2, 0.25) is 0 Å². The number of rotatable bonds is 2. The Kier molecular flexibility index (Phi) is 4.56. The van der Waals surface area contributed by atoms with Crippen molar-refractivity contribution in [1.82, 2.24) is 0 Å². The van der Waals surface area contributed by atoms with Crippen molar-refractivity contribution in [3.8, 4) is 0 Å². The number of esters is 1. The first kappa shape index (κ1) is 21.7. The number of ether oxygens (including phenoxy) is 1. The fourth-order valence-corrected chi connectivity index (χ4v) is 8.60. The highest BCUT2D eigenvalue weighted by molar-refractivity contribution is 5.95. The highest BCUT2D eigenvalue weighted by Gasteiger charge is 2.68. The molecule has 0 N–H and O–H groups in total. The van der Waals surface area contributed by atoms with Gasteiger partial charge >= 0.3 is 5.97 Å². The molecular formula is C28H36O4. The van der Waals surface area contributed by atoms with Crippen molar-refractivity contribution in [2.75, 3.05) is 0 Å². The Morgan fingerprint density at radius 2 is 1.91 bits per heavy atom. The first-order valence-electron chi connectivity index (χ1n) is 12.1. The van der Waals surface area contributed by atoms with Crippen molar-refractivity contribution in [2.24, 2.45) is 33.5 Å². The lowest BCUT2D eigenvalue weighted by Crippen LogP contribution is -2.64. The molecule has 0 bridgehead atoms. The minimum absolute atomic E-state index is 0.0143. The second-order valence-electron chi connectivity index (χ2n) is 11.9. The van der Waals surface area contributed by atoms with E-state index in [1.54, 1.807) is 6.26 Å². The molecule has 0 spiro atoms. The molecule has 0 amide bonds. The second-order valence-corrected chi connectivity index (χ2v) is 11.9. The first-order valence-corrected chi connectivity index (χ1v) is 12.1. The van der Waals surface area contributed by atoms with Crippen LogP contribution in [0.4, 0.5) is 0 Å². The molecule has 4 heteroatoms. The molecule has 0 aromatic carbocycles. The summed E-state index contributed by atoms with van der Waals surface area (Å²) in [5.74, 6) is 0.796. The van der Waals surface area contributed by atoms with Gasteiger partial charge in [-0.15, -0.1) is 0 Å². The third kappa shape index (κ3) is 2.61. The maximum Gasteiger partial charge on any atom is 0.302 e. The Labute approximate surface area is 191 Å². The largest absolute Gasteiger partial charge is 0.472 e. The molecule has 7 atom stereocenters. The predicted octanol–water partition coefficient (Wildman–Crippen LogP) is 6.24. The molecule has 32 heavy (non-hydrogen) atoms. The fraction of sp³-hybridized carbons (Fsp3) is 0.643. The summed E-state index contributed by atoms with van der Waals surface area (Å²) in [5.41, 5.74) is 1.88. The number of ketones is 1. The van der Waals surface area contributed by atoms with Gasteiger partial charge in [-0.3, -0.25) is 9.59 Å². The van der Waals surface area contributed by atoms with Crippen molar-refractivity contribution in [1.29, 1.82) is 0 Å². The molecule has 4 aliphatic rings. The maximum absolute atomic E-state index is 12.9. The Balaban J connectivity index is 1.64. The Hall–Kier alpha value is -2.10. The van der Waals surface area contributed by atoms with Gasteiger partial charge in [0.2, 0.25) is 0 Å². The van der Waals surface area contributed by atoms with E-state index in [2.05, 4.69) is 52.8 Å². The topological polar surface area (TPSA) is 56.5 Å². The smallest absolute Gasteiger partial charge is 0.302 e. The van der Waals surface area contributed by atoms with Crippen LogP contribution in [-0.4, -0.2) is 17.9 Å². The van der Waals surface area contributed by atoms with Crippen LogP contribution in [0.3, 0.4) is 0 Å². The minimum Gasteiger partial charge on any atom is -0.472 e. The summed E-state index contributed by atoms with van der Waals surface area (Å²) in [7, 11) is 0. The van der Waals surface area contributed by atoms with E-state index >= 15 is 0 Å². The number of allylic oxidation sites excluding steroid dienone is 3. The van der Waals surface area contributed by atoms with Crippen molar-refractivity contribution < 1.29 is 18.7 Å². The summed E-state index contributed by atoms with van der Waals surface area (Å²) in [4.78, 5) is 25.2. The molecule has 172 valence electrons. The van der Waals surface area contributed by atoms with Gasteiger partial charge < -0.3 is 9.15 Å². The third-order valence-corrected chi connectivity index (χ3v) is 10.2. The van der Waals surface area contributed by atoms with Gasteiger partial charge in [-0.25, -0.2) is 0 Å². The number of carbonyl (C=O) groups excluding carboxylic acids is 2. The molecular weight excluding hydrogens is 400 g/mol. The molecule has 1 aromatic heterocycles. The Morgan fingerprint density at radius 3 is 2.56 bits per heavy atom. The van der Waals surface area contributed by atoms with Crippen LogP contribution in [0.25, 0.3) is 0 Å². The number of carbonyl (C=O) groups is 2. The van der Waals surface area contributed by atoms with Crippen LogP contribution < -0.4 is 0 Å². The van der Waals surface area contributed by atoms with Gasteiger partial charge in [0.05, 0.1) is 12.5 Å². The minimum atomic E-state index is -0.465. The zero-order valence-electron chi connectivity index (χ0n) is 20.2. The van der Waals surface area contributed by atoms with Gasteiger partial charge in [-0.05, 0) is 72.0 Å². The third-order valence-electron chi connectivity index (χ3n) is 10.2. The summed E-state index contributed by atoms with van der Waals surface area (Å²) in [6.45, 7) is 12.8. The number of hydrogen-bond donors (Lipinski definition) is 0. The van der Waals surface area contributed by atoms with Gasteiger partial charge in [0.15, 0.2) is 5.78 Å². The van der Waals surface area contributed by atoms with E-state index in [4.69, 9.17) is 9.15 Å². The van der Waals surface area contributed by atoms with Crippen LogP contribution in [0.1, 0.15) is 78.7 Å². The zero-order chi connectivity index (χ0) is 23.1.